The molecule has 0 bridgehead atoms. The molecule has 8 heteroatoms. The minimum atomic E-state index is -0.306. The van der Waals surface area contributed by atoms with Crippen LogP contribution in [-0.2, 0) is 22.4 Å². The predicted octanol–water partition coefficient (Wildman–Crippen LogP) is 3.52. The van der Waals surface area contributed by atoms with E-state index in [1.54, 1.807) is 12.1 Å². The highest BCUT2D eigenvalue weighted by Gasteiger charge is 2.18. The van der Waals surface area contributed by atoms with Crippen molar-refractivity contribution in [1.29, 1.82) is 0 Å². The second kappa shape index (κ2) is 11.9. The summed E-state index contributed by atoms with van der Waals surface area (Å²) in [6.45, 7) is 7.43. The topological polar surface area (TPSA) is 71.7 Å². The first kappa shape index (κ1) is 24.0. The van der Waals surface area contributed by atoms with E-state index in [1.165, 1.54) is 17.7 Å². The first-order chi connectivity index (χ1) is 16.6. The third-order valence-electron chi connectivity index (χ3n) is 6.00. The lowest BCUT2D eigenvalue weighted by Gasteiger charge is -2.28. The van der Waals surface area contributed by atoms with E-state index in [0.717, 1.165) is 50.4 Å². The van der Waals surface area contributed by atoms with Gasteiger partial charge in [-0.1, -0.05) is 47.1 Å². The van der Waals surface area contributed by atoms with Crippen LogP contribution in [0.5, 0.6) is 0 Å². The number of ether oxygens (including phenoxy) is 1. The van der Waals surface area contributed by atoms with E-state index >= 15 is 0 Å². The third-order valence-corrected chi connectivity index (χ3v) is 6.00. The first-order valence-corrected chi connectivity index (χ1v) is 11.8. The average molecular weight is 467 g/mol. The van der Waals surface area contributed by atoms with Crippen LogP contribution in [0, 0.1) is 12.7 Å². The van der Waals surface area contributed by atoms with Crippen molar-refractivity contribution in [2.24, 2.45) is 0 Å². The fourth-order valence-corrected chi connectivity index (χ4v) is 3.97. The van der Waals surface area contributed by atoms with E-state index in [1.807, 2.05) is 36.1 Å². The van der Waals surface area contributed by atoms with Gasteiger partial charge in [-0.25, -0.2) is 4.39 Å². The Morgan fingerprint density at radius 3 is 2.53 bits per heavy atom. The second-order valence-corrected chi connectivity index (χ2v) is 8.62. The summed E-state index contributed by atoms with van der Waals surface area (Å²) in [4.78, 5) is 21.8. The molecule has 0 saturated carbocycles. The average Bonchev–Trinajstić information content (AvgIpc) is 3.33. The predicted molar refractivity (Wildman–Crippen MR) is 127 cm³/mol. The number of carbonyl (C=O) groups is 1. The number of morpholine rings is 1. The van der Waals surface area contributed by atoms with Gasteiger partial charge < -0.3 is 14.2 Å². The van der Waals surface area contributed by atoms with E-state index in [9.17, 15) is 9.18 Å². The summed E-state index contributed by atoms with van der Waals surface area (Å²) in [5, 5.41) is 4.09. The number of amides is 1. The Bertz CT molecular complexity index is 1050. The van der Waals surface area contributed by atoms with Crippen LogP contribution in [0.15, 0.2) is 53.1 Å². The highest BCUT2D eigenvalue weighted by atomic mass is 19.1. The molecule has 0 aliphatic carbocycles. The molecule has 0 unspecified atom stereocenters. The number of benzene rings is 2. The Morgan fingerprint density at radius 1 is 1.06 bits per heavy atom. The number of halogens is 1. The fourth-order valence-electron chi connectivity index (χ4n) is 3.97. The minimum absolute atomic E-state index is 0.00635. The number of hydrogen-bond acceptors (Lipinski definition) is 6. The second-order valence-electron chi connectivity index (χ2n) is 8.62. The zero-order chi connectivity index (χ0) is 23.8. The maximum absolute atomic E-state index is 13.2. The number of aromatic nitrogens is 2. The van der Waals surface area contributed by atoms with Crippen LogP contribution in [0.2, 0.25) is 0 Å². The number of hydrogen-bond donors (Lipinski definition) is 0. The molecule has 4 rings (SSSR count). The van der Waals surface area contributed by atoms with Crippen LogP contribution in [0.3, 0.4) is 0 Å². The van der Waals surface area contributed by atoms with Gasteiger partial charge in [0, 0.05) is 44.7 Å². The molecule has 1 aliphatic heterocycles. The Morgan fingerprint density at radius 2 is 1.79 bits per heavy atom. The quantitative estimate of drug-likeness (QED) is 0.455. The molecule has 0 atom stereocenters. The van der Waals surface area contributed by atoms with Crippen molar-refractivity contribution in [3.63, 3.8) is 0 Å². The summed E-state index contributed by atoms with van der Waals surface area (Å²) >= 11 is 0. The molecule has 7 nitrogen and oxygen atoms in total. The highest BCUT2D eigenvalue weighted by Crippen LogP contribution is 2.17. The molecule has 180 valence electrons. The molecule has 2 aromatic carbocycles. The summed E-state index contributed by atoms with van der Waals surface area (Å²) in [6, 6.07) is 14.0. The smallest absolute Gasteiger partial charge is 0.228 e. The molecule has 1 aromatic heterocycles. The van der Waals surface area contributed by atoms with Gasteiger partial charge in [0.25, 0.3) is 0 Å². The van der Waals surface area contributed by atoms with Crippen molar-refractivity contribution >= 4 is 5.91 Å². The normalized spacial score (nSPS) is 14.3. The largest absolute Gasteiger partial charge is 0.379 e. The summed E-state index contributed by atoms with van der Waals surface area (Å²) in [6.07, 6.45) is 1.58. The summed E-state index contributed by atoms with van der Waals surface area (Å²) in [5.74, 6) is 0.751. The van der Waals surface area contributed by atoms with Gasteiger partial charge in [-0.05, 0) is 31.0 Å². The summed E-state index contributed by atoms with van der Waals surface area (Å²) in [7, 11) is 0. The number of aryl methyl sites for hydroxylation is 1. The van der Waals surface area contributed by atoms with Gasteiger partial charge in [0.05, 0.1) is 19.6 Å². The molecule has 2 heterocycles. The van der Waals surface area contributed by atoms with Crippen LogP contribution in [-0.4, -0.2) is 71.8 Å². The Kier molecular flexibility index (Phi) is 8.38. The zero-order valence-corrected chi connectivity index (χ0v) is 19.6. The SMILES string of the molecule is Cc1ccc(-c2noc(CCN(CCCN3CCOCC3)C(=O)Cc3ccc(F)cc3)n2)cc1. The van der Waals surface area contributed by atoms with E-state index < -0.39 is 0 Å². The molecule has 0 spiro atoms. The van der Waals surface area contributed by atoms with Crippen LogP contribution in [0.4, 0.5) is 4.39 Å². The standard InChI is InChI=1S/C26H31FN4O3/c1-20-3-7-22(8-4-20)26-28-24(34-29-26)11-14-31(13-2-12-30-15-17-33-18-16-30)25(32)19-21-5-9-23(27)10-6-21/h3-10H,2,11-19H2,1H3. The van der Waals surface area contributed by atoms with Gasteiger partial charge in [-0.3, -0.25) is 9.69 Å². The lowest BCUT2D eigenvalue weighted by molar-refractivity contribution is -0.130. The molecule has 1 fully saturated rings. The zero-order valence-electron chi connectivity index (χ0n) is 19.6. The van der Waals surface area contributed by atoms with E-state index in [4.69, 9.17) is 9.26 Å². The summed E-state index contributed by atoms with van der Waals surface area (Å²) < 4.78 is 24.1. The van der Waals surface area contributed by atoms with Crippen molar-refractivity contribution in [1.82, 2.24) is 19.9 Å². The monoisotopic (exact) mass is 466 g/mol. The van der Waals surface area contributed by atoms with E-state index in [2.05, 4.69) is 15.0 Å². The maximum atomic E-state index is 13.2. The van der Waals surface area contributed by atoms with Crippen molar-refractivity contribution in [3.05, 3.63) is 71.4 Å². The lowest BCUT2D eigenvalue weighted by Crippen LogP contribution is -2.40. The highest BCUT2D eigenvalue weighted by molar-refractivity contribution is 5.78. The molecule has 3 aromatic rings. The number of carbonyl (C=O) groups excluding carboxylic acids is 1. The molecular formula is C26H31FN4O3. The van der Waals surface area contributed by atoms with Gasteiger partial charge in [0.2, 0.25) is 17.6 Å². The first-order valence-electron chi connectivity index (χ1n) is 11.8. The Hall–Kier alpha value is -3.10. The van der Waals surface area contributed by atoms with Gasteiger partial charge in [0.1, 0.15) is 5.82 Å². The molecule has 34 heavy (non-hydrogen) atoms. The molecule has 0 N–H and O–H groups in total. The molecule has 1 aliphatic rings. The molecule has 1 saturated heterocycles. The van der Waals surface area contributed by atoms with Crippen LogP contribution >= 0.6 is 0 Å². The van der Waals surface area contributed by atoms with E-state index in [0.29, 0.717) is 31.2 Å². The summed E-state index contributed by atoms with van der Waals surface area (Å²) in [5.41, 5.74) is 2.86. The van der Waals surface area contributed by atoms with Crippen molar-refractivity contribution in [2.45, 2.75) is 26.2 Å². The Balaban J connectivity index is 1.36. The van der Waals surface area contributed by atoms with E-state index in [-0.39, 0.29) is 18.1 Å². The fraction of sp³-hybridized carbons (Fsp3) is 0.423. The van der Waals surface area contributed by atoms with Crippen molar-refractivity contribution in [2.75, 3.05) is 45.9 Å². The number of rotatable bonds is 10. The third kappa shape index (κ3) is 6.95. The van der Waals surface area contributed by atoms with Crippen LogP contribution in [0.25, 0.3) is 11.4 Å². The molecular weight excluding hydrogens is 435 g/mol. The van der Waals surface area contributed by atoms with Gasteiger partial charge >= 0.3 is 0 Å². The van der Waals surface area contributed by atoms with Crippen LogP contribution in [0.1, 0.15) is 23.4 Å². The van der Waals surface area contributed by atoms with Crippen LogP contribution < -0.4 is 0 Å². The molecule has 1 amide bonds. The number of nitrogens with zero attached hydrogens (tertiary/aromatic N) is 4. The van der Waals surface area contributed by atoms with Crippen molar-refractivity contribution in [3.8, 4) is 11.4 Å². The lowest BCUT2D eigenvalue weighted by atomic mass is 10.1. The molecule has 0 radical (unpaired) electrons. The van der Waals surface area contributed by atoms with Gasteiger partial charge in [0.15, 0.2) is 0 Å². The Labute approximate surface area is 199 Å². The minimum Gasteiger partial charge on any atom is -0.379 e. The van der Waals surface area contributed by atoms with Gasteiger partial charge in [-0.2, -0.15) is 4.98 Å². The van der Waals surface area contributed by atoms with Gasteiger partial charge in [-0.15, -0.1) is 0 Å². The van der Waals surface area contributed by atoms with Crippen molar-refractivity contribution < 1.29 is 18.4 Å². The maximum Gasteiger partial charge on any atom is 0.228 e.